The molecule has 0 bridgehead atoms. The van der Waals surface area contributed by atoms with E-state index in [2.05, 4.69) is 38.0 Å². The first kappa shape index (κ1) is 15.9. The van der Waals surface area contributed by atoms with E-state index in [1.165, 1.54) is 12.1 Å². The minimum Gasteiger partial charge on any atom is -0.339 e. The zero-order valence-electron chi connectivity index (χ0n) is 14.3. The number of aromatic nitrogens is 4. The number of aryl methyl sites for hydroxylation is 1. The topological polar surface area (TPSA) is 66.5 Å². The summed E-state index contributed by atoms with van der Waals surface area (Å²) in [7, 11) is 0. The molecule has 3 aromatic heterocycles. The molecule has 132 valence electrons. The number of thiophene rings is 1. The maximum Gasteiger partial charge on any atom is 0.163 e. The summed E-state index contributed by atoms with van der Waals surface area (Å²) in [6, 6.07) is 12.8. The average molecular weight is 375 g/mol. The van der Waals surface area contributed by atoms with Gasteiger partial charge in [-0.05, 0) is 48.2 Å². The summed E-state index contributed by atoms with van der Waals surface area (Å²) in [6.45, 7) is 1.87. The van der Waals surface area contributed by atoms with Crippen molar-refractivity contribution >= 4 is 43.8 Å². The summed E-state index contributed by atoms with van der Waals surface area (Å²) in [4.78, 5) is 7.96. The highest BCUT2D eigenvalue weighted by Gasteiger charge is 2.15. The molecule has 5 aromatic rings. The fraction of sp³-hybridized carbons (Fsp3) is 0.0500. The van der Waals surface area contributed by atoms with Crippen molar-refractivity contribution in [3.63, 3.8) is 0 Å². The third kappa shape index (κ3) is 2.63. The molecule has 0 radical (unpaired) electrons. The molecule has 0 spiro atoms. The standard InChI is InChI=1S/C20H14FN5S/c1-11-9-12(21)5-6-16(11)24-20-15-7-8-27-18(15)13-3-2-4-14(17(13)25-20)19-22-10-23-26-19/h2-10H,1H3,(H,24,25)(H,22,23,26). The van der Waals surface area contributed by atoms with Gasteiger partial charge in [-0.3, -0.25) is 0 Å². The molecule has 2 aromatic carbocycles. The first-order valence-corrected chi connectivity index (χ1v) is 9.28. The zero-order chi connectivity index (χ0) is 18.4. The number of rotatable bonds is 3. The highest BCUT2D eigenvalue weighted by molar-refractivity contribution is 7.18. The Morgan fingerprint density at radius 2 is 2.04 bits per heavy atom. The molecule has 27 heavy (non-hydrogen) atoms. The summed E-state index contributed by atoms with van der Waals surface area (Å²) < 4.78 is 14.6. The van der Waals surface area contributed by atoms with Crippen LogP contribution in [0.3, 0.4) is 0 Å². The van der Waals surface area contributed by atoms with Crippen molar-refractivity contribution in [1.29, 1.82) is 0 Å². The number of fused-ring (bicyclic) bond motifs is 3. The fourth-order valence-electron chi connectivity index (χ4n) is 3.24. The molecule has 0 saturated carbocycles. The van der Waals surface area contributed by atoms with Gasteiger partial charge in [-0.1, -0.05) is 12.1 Å². The maximum atomic E-state index is 13.4. The number of hydrogen-bond acceptors (Lipinski definition) is 5. The van der Waals surface area contributed by atoms with Crippen molar-refractivity contribution in [1.82, 2.24) is 20.2 Å². The van der Waals surface area contributed by atoms with E-state index in [4.69, 9.17) is 4.98 Å². The van der Waals surface area contributed by atoms with Crippen LogP contribution in [0.5, 0.6) is 0 Å². The van der Waals surface area contributed by atoms with Crippen LogP contribution < -0.4 is 5.32 Å². The number of H-pyrrole nitrogens is 1. The lowest BCUT2D eigenvalue weighted by molar-refractivity contribution is 0.627. The molecule has 3 heterocycles. The van der Waals surface area contributed by atoms with Crippen molar-refractivity contribution < 1.29 is 4.39 Å². The first-order chi connectivity index (χ1) is 13.2. The Bertz CT molecular complexity index is 1280. The predicted octanol–water partition coefficient (Wildman–Crippen LogP) is 5.43. The molecule has 0 amide bonds. The Morgan fingerprint density at radius 3 is 2.85 bits per heavy atom. The number of pyridine rings is 1. The Balaban J connectivity index is 1.76. The number of halogens is 1. The van der Waals surface area contributed by atoms with Crippen LogP contribution in [0, 0.1) is 12.7 Å². The van der Waals surface area contributed by atoms with Gasteiger partial charge < -0.3 is 10.3 Å². The van der Waals surface area contributed by atoms with E-state index in [0.29, 0.717) is 5.82 Å². The molecule has 5 nitrogen and oxygen atoms in total. The molecule has 0 fully saturated rings. The SMILES string of the molecule is Cc1cc(F)ccc1Nc1nc2c(-c3nnc[nH]3)cccc2c2sccc12. The van der Waals surface area contributed by atoms with Gasteiger partial charge in [-0.25, -0.2) is 9.37 Å². The molecule has 0 aliphatic rings. The van der Waals surface area contributed by atoms with E-state index in [-0.39, 0.29) is 5.82 Å². The monoisotopic (exact) mass is 375 g/mol. The first-order valence-electron chi connectivity index (χ1n) is 8.40. The molecule has 0 unspecified atom stereocenters. The summed E-state index contributed by atoms with van der Waals surface area (Å²) in [5.74, 6) is 1.16. The maximum absolute atomic E-state index is 13.4. The number of nitrogens with one attached hydrogen (secondary N) is 2. The third-order valence-corrected chi connectivity index (χ3v) is 5.49. The second-order valence-electron chi connectivity index (χ2n) is 6.25. The molecule has 5 rings (SSSR count). The lowest BCUT2D eigenvalue weighted by Crippen LogP contribution is -1.98. The van der Waals surface area contributed by atoms with Crippen molar-refractivity contribution in [3.8, 4) is 11.4 Å². The van der Waals surface area contributed by atoms with Crippen LogP contribution in [0.4, 0.5) is 15.9 Å². The van der Waals surface area contributed by atoms with E-state index in [1.807, 2.05) is 19.1 Å². The molecule has 0 atom stereocenters. The second-order valence-corrected chi connectivity index (χ2v) is 7.16. The Hall–Kier alpha value is -3.32. The molecule has 0 saturated heterocycles. The van der Waals surface area contributed by atoms with Gasteiger partial charge in [0, 0.05) is 26.7 Å². The number of aromatic amines is 1. The number of hydrogen-bond donors (Lipinski definition) is 2. The number of nitrogens with zero attached hydrogens (tertiary/aromatic N) is 3. The van der Waals surface area contributed by atoms with Gasteiger partial charge in [0.25, 0.3) is 0 Å². The van der Waals surface area contributed by atoms with Crippen molar-refractivity contribution in [2.75, 3.05) is 5.32 Å². The summed E-state index contributed by atoms with van der Waals surface area (Å²) >= 11 is 1.67. The van der Waals surface area contributed by atoms with Gasteiger partial charge in [0.2, 0.25) is 0 Å². The average Bonchev–Trinajstić information content (AvgIpc) is 3.35. The molecule has 0 aliphatic carbocycles. The molecule has 0 aliphatic heterocycles. The Morgan fingerprint density at radius 1 is 1.11 bits per heavy atom. The van der Waals surface area contributed by atoms with Crippen molar-refractivity contribution in [2.24, 2.45) is 0 Å². The third-order valence-electron chi connectivity index (χ3n) is 4.54. The van der Waals surface area contributed by atoms with Crippen LogP contribution in [0.1, 0.15) is 5.56 Å². The van der Waals surface area contributed by atoms with Crippen LogP contribution in [0.25, 0.3) is 32.4 Å². The largest absolute Gasteiger partial charge is 0.339 e. The highest BCUT2D eigenvalue weighted by atomic mass is 32.1. The predicted molar refractivity (Wildman–Crippen MR) is 107 cm³/mol. The van der Waals surface area contributed by atoms with Gasteiger partial charge in [0.15, 0.2) is 5.82 Å². The van der Waals surface area contributed by atoms with Crippen LogP contribution in [0.15, 0.2) is 54.2 Å². The Kier molecular flexibility index (Phi) is 3.61. The van der Waals surface area contributed by atoms with Gasteiger partial charge >= 0.3 is 0 Å². The second kappa shape index (κ2) is 6.14. The van der Waals surface area contributed by atoms with Gasteiger partial charge in [-0.2, -0.15) is 0 Å². The quantitative estimate of drug-likeness (QED) is 0.441. The fourth-order valence-corrected chi connectivity index (χ4v) is 4.17. The van der Waals surface area contributed by atoms with Crippen LogP contribution in [-0.4, -0.2) is 20.2 Å². The smallest absolute Gasteiger partial charge is 0.163 e. The van der Waals surface area contributed by atoms with Gasteiger partial charge in [0.1, 0.15) is 18.0 Å². The summed E-state index contributed by atoms with van der Waals surface area (Å²) in [5.41, 5.74) is 3.38. The van der Waals surface area contributed by atoms with Crippen molar-refractivity contribution in [2.45, 2.75) is 6.92 Å². The van der Waals surface area contributed by atoms with E-state index in [1.54, 1.807) is 23.7 Å². The summed E-state index contributed by atoms with van der Waals surface area (Å²) in [6.07, 6.45) is 1.55. The lowest BCUT2D eigenvalue weighted by atomic mass is 10.1. The lowest BCUT2D eigenvalue weighted by Gasteiger charge is -2.12. The molecular formula is C20H14FN5S. The zero-order valence-corrected chi connectivity index (χ0v) is 15.1. The van der Waals surface area contributed by atoms with Gasteiger partial charge in [-0.15, -0.1) is 21.5 Å². The Labute approximate surface area is 157 Å². The van der Waals surface area contributed by atoms with Crippen LogP contribution >= 0.6 is 11.3 Å². The van der Waals surface area contributed by atoms with Crippen LogP contribution in [0.2, 0.25) is 0 Å². The summed E-state index contributed by atoms with van der Waals surface area (Å²) in [5, 5.41) is 15.5. The number of anilines is 2. The minimum absolute atomic E-state index is 0.252. The number of para-hydroxylation sites is 1. The molecule has 2 N–H and O–H groups in total. The van der Waals surface area contributed by atoms with Crippen LogP contribution in [-0.2, 0) is 0 Å². The minimum atomic E-state index is -0.252. The normalized spacial score (nSPS) is 11.3. The van der Waals surface area contributed by atoms with Gasteiger partial charge in [0.05, 0.1) is 5.52 Å². The van der Waals surface area contributed by atoms with E-state index >= 15 is 0 Å². The molecule has 7 heteroatoms. The van der Waals surface area contributed by atoms with E-state index in [9.17, 15) is 4.39 Å². The number of benzene rings is 2. The van der Waals surface area contributed by atoms with E-state index in [0.717, 1.165) is 43.6 Å². The van der Waals surface area contributed by atoms with E-state index < -0.39 is 0 Å². The highest BCUT2D eigenvalue weighted by Crippen LogP contribution is 2.37. The molecular weight excluding hydrogens is 361 g/mol. The van der Waals surface area contributed by atoms with Crippen molar-refractivity contribution in [3.05, 3.63) is 65.6 Å².